The summed E-state index contributed by atoms with van der Waals surface area (Å²) in [5.41, 5.74) is 4.16. The average Bonchev–Trinajstić information content (AvgIpc) is 2.46. The Hall–Kier alpha value is -2.44. The summed E-state index contributed by atoms with van der Waals surface area (Å²) in [6, 6.07) is 9.39. The maximum absolute atomic E-state index is 12.0. The van der Waals surface area contributed by atoms with E-state index in [2.05, 4.69) is 4.36 Å². The van der Waals surface area contributed by atoms with Crippen LogP contribution in [0.1, 0.15) is 5.56 Å². The second-order valence-corrected chi connectivity index (χ2v) is 6.40. The Balaban J connectivity index is 0.000000257. The molecule has 0 aliphatic carbocycles. The molecule has 0 aromatic heterocycles. The fraction of sp³-hybridized carbons (Fsp3) is 0.0769. The van der Waals surface area contributed by atoms with Crippen molar-refractivity contribution >= 4 is 32.0 Å². The topological polar surface area (TPSA) is 127 Å². The van der Waals surface area contributed by atoms with Gasteiger partial charge in [0.25, 0.3) is 10.1 Å². The Labute approximate surface area is 142 Å². The van der Waals surface area contributed by atoms with E-state index in [1.54, 1.807) is 0 Å². The SMILES string of the molecule is Nc1ccccc1C(F)(F)F.O=S(=O)=Nc1ccc(S(=O)(=O)O)cc1. The minimum Gasteiger partial charge on any atom is -0.398 e. The van der Waals surface area contributed by atoms with Gasteiger partial charge in [0.05, 0.1) is 16.1 Å². The molecule has 2 aromatic rings. The third-order valence-electron chi connectivity index (χ3n) is 2.58. The summed E-state index contributed by atoms with van der Waals surface area (Å²) in [4.78, 5) is -0.312. The predicted octanol–water partition coefficient (Wildman–Crippen LogP) is 2.92. The molecule has 0 heterocycles. The molecule has 2 rings (SSSR count). The molecule has 0 aliphatic heterocycles. The molecular formula is C13H11F3N2O5S2. The van der Waals surface area contributed by atoms with Crippen LogP contribution in [0.4, 0.5) is 24.5 Å². The molecule has 0 bridgehead atoms. The number of nitrogen functional groups attached to an aromatic ring is 1. The standard InChI is InChI=1S/C7H6F3N.C6H5NO5S2/c8-7(9,10)5-3-1-2-4-6(5)11;8-13(9)7-5-1-3-6(4-2-5)14(10,11)12/h1-4H,11H2;1-4H,(H,10,11,12). The van der Waals surface area contributed by atoms with Gasteiger partial charge in [0.15, 0.2) is 0 Å². The van der Waals surface area contributed by atoms with E-state index < -0.39 is 32.4 Å². The van der Waals surface area contributed by atoms with E-state index >= 15 is 0 Å². The molecule has 0 amide bonds. The Morgan fingerprint density at radius 3 is 1.88 bits per heavy atom. The third kappa shape index (κ3) is 6.91. The van der Waals surface area contributed by atoms with Crippen LogP contribution in [0.25, 0.3) is 0 Å². The van der Waals surface area contributed by atoms with Crippen molar-refractivity contribution in [3.63, 3.8) is 0 Å². The Bertz CT molecular complexity index is 961. The van der Waals surface area contributed by atoms with Crippen molar-refractivity contribution in [3.05, 3.63) is 54.1 Å². The molecule has 25 heavy (non-hydrogen) atoms. The predicted molar refractivity (Wildman–Crippen MR) is 83.1 cm³/mol. The molecule has 0 unspecified atom stereocenters. The van der Waals surface area contributed by atoms with Crippen molar-refractivity contribution in [2.75, 3.05) is 5.73 Å². The van der Waals surface area contributed by atoms with Crippen LogP contribution in [-0.2, 0) is 26.8 Å². The highest BCUT2D eigenvalue weighted by atomic mass is 32.2. The zero-order chi connectivity index (χ0) is 19.3. The van der Waals surface area contributed by atoms with Crippen molar-refractivity contribution < 1.29 is 34.6 Å². The molecule has 3 N–H and O–H groups in total. The van der Waals surface area contributed by atoms with Crippen LogP contribution in [0.2, 0.25) is 0 Å². The van der Waals surface area contributed by atoms with E-state index in [1.807, 2.05) is 0 Å². The second kappa shape index (κ2) is 8.09. The van der Waals surface area contributed by atoms with Gasteiger partial charge in [-0.05, 0) is 36.4 Å². The van der Waals surface area contributed by atoms with Crippen molar-refractivity contribution in [2.24, 2.45) is 4.36 Å². The lowest BCUT2D eigenvalue weighted by atomic mass is 10.2. The van der Waals surface area contributed by atoms with Crippen LogP contribution in [0.3, 0.4) is 0 Å². The van der Waals surface area contributed by atoms with Crippen LogP contribution in [-0.4, -0.2) is 21.4 Å². The van der Waals surface area contributed by atoms with Gasteiger partial charge < -0.3 is 5.73 Å². The van der Waals surface area contributed by atoms with Crippen molar-refractivity contribution in [3.8, 4) is 0 Å². The summed E-state index contributed by atoms with van der Waals surface area (Å²) in [7, 11) is -6.82. The number of halogens is 3. The van der Waals surface area contributed by atoms with Crippen LogP contribution in [0, 0.1) is 0 Å². The first-order valence-corrected chi connectivity index (χ1v) is 8.69. The highest BCUT2D eigenvalue weighted by Gasteiger charge is 2.32. The molecule has 0 radical (unpaired) electrons. The monoisotopic (exact) mass is 396 g/mol. The van der Waals surface area contributed by atoms with Gasteiger partial charge in [0, 0.05) is 5.69 Å². The summed E-state index contributed by atoms with van der Waals surface area (Å²) < 4.78 is 89.0. The van der Waals surface area contributed by atoms with Gasteiger partial charge in [-0.2, -0.15) is 30.0 Å². The summed E-state index contributed by atoms with van der Waals surface area (Å²) in [5, 5.41) is 0. The zero-order valence-electron chi connectivity index (χ0n) is 12.2. The van der Waals surface area contributed by atoms with Crippen LogP contribution >= 0.6 is 0 Å². The summed E-state index contributed by atoms with van der Waals surface area (Å²) >= 11 is 0. The lowest BCUT2D eigenvalue weighted by molar-refractivity contribution is -0.136. The second-order valence-electron chi connectivity index (χ2n) is 4.36. The van der Waals surface area contributed by atoms with E-state index in [4.69, 9.17) is 10.3 Å². The van der Waals surface area contributed by atoms with Crippen molar-refractivity contribution in [2.45, 2.75) is 11.1 Å². The van der Waals surface area contributed by atoms with E-state index in [0.29, 0.717) is 0 Å². The average molecular weight is 396 g/mol. The molecule has 136 valence electrons. The maximum atomic E-state index is 12.0. The largest absolute Gasteiger partial charge is 0.418 e. The first-order valence-electron chi connectivity index (χ1n) is 6.21. The number of hydrogen-bond acceptors (Lipinski definition) is 6. The minimum absolute atomic E-state index is 0.0886. The number of hydrogen-bond donors (Lipinski definition) is 2. The molecule has 7 nitrogen and oxygen atoms in total. The molecule has 12 heteroatoms. The quantitative estimate of drug-likeness (QED) is 0.594. The number of nitrogens with zero attached hydrogens (tertiary/aromatic N) is 1. The van der Waals surface area contributed by atoms with Crippen LogP contribution in [0.5, 0.6) is 0 Å². The van der Waals surface area contributed by atoms with Crippen LogP contribution in [0.15, 0.2) is 57.8 Å². The van der Waals surface area contributed by atoms with Gasteiger partial charge in [0.1, 0.15) is 0 Å². The van der Waals surface area contributed by atoms with E-state index in [-0.39, 0.29) is 16.3 Å². The Morgan fingerprint density at radius 1 is 1.00 bits per heavy atom. The fourth-order valence-electron chi connectivity index (χ4n) is 1.52. The number of benzene rings is 2. The maximum Gasteiger partial charge on any atom is 0.418 e. The zero-order valence-corrected chi connectivity index (χ0v) is 13.8. The molecule has 0 saturated heterocycles. The Morgan fingerprint density at radius 2 is 1.52 bits per heavy atom. The van der Waals surface area contributed by atoms with E-state index in [1.165, 1.54) is 30.3 Å². The first-order chi connectivity index (χ1) is 11.4. The van der Waals surface area contributed by atoms with Crippen molar-refractivity contribution in [1.29, 1.82) is 0 Å². The number of rotatable bonds is 2. The minimum atomic E-state index is -4.34. The molecule has 0 spiro atoms. The number of para-hydroxylation sites is 1. The van der Waals surface area contributed by atoms with Gasteiger partial charge >= 0.3 is 16.7 Å². The summed E-state index contributed by atoms with van der Waals surface area (Å²) in [6.45, 7) is 0. The number of anilines is 1. The molecule has 2 aromatic carbocycles. The van der Waals surface area contributed by atoms with Gasteiger partial charge in [-0.15, -0.1) is 4.36 Å². The highest BCUT2D eigenvalue weighted by Crippen LogP contribution is 2.32. The smallest absolute Gasteiger partial charge is 0.398 e. The highest BCUT2D eigenvalue weighted by molar-refractivity contribution is 7.85. The fourth-order valence-corrected chi connectivity index (χ4v) is 2.29. The number of nitrogens with two attached hydrogens (primary N) is 1. The lowest BCUT2D eigenvalue weighted by Crippen LogP contribution is -2.07. The molecular weight excluding hydrogens is 385 g/mol. The Kier molecular flexibility index (Phi) is 6.67. The third-order valence-corrected chi connectivity index (χ3v) is 3.81. The van der Waals surface area contributed by atoms with Gasteiger partial charge in [-0.25, -0.2) is 0 Å². The van der Waals surface area contributed by atoms with Crippen molar-refractivity contribution in [1.82, 2.24) is 0 Å². The molecule has 0 aliphatic rings. The van der Waals surface area contributed by atoms with Gasteiger partial charge in [0.2, 0.25) is 0 Å². The lowest BCUT2D eigenvalue weighted by Gasteiger charge is -2.07. The number of alkyl halides is 3. The van der Waals surface area contributed by atoms with E-state index in [0.717, 1.165) is 18.2 Å². The van der Waals surface area contributed by atoms with E-state index in [9.17, 15) is 30.0 Å². The molecule has 0 saturated carbocycles. The first kappa shape index (κ1) is 20.6. The van der Waals surface area contributed by atoms with Crippen LogP contribution < -0.4 is 5.73 Å². The summed E-state index contributed by atoms with van der Waals surface area (Å²) in [6.07, 6.45) is -4.34. The van der Waals surface area contributed by atoms with Gasteiger partial charge in [-0.3, -0.25) is 4.55 Å². The summed E-state index contributed by atoms with van der Waals surface area (Å²) in [5.74, 6) is 0. The molecule has 0 fully saturated rings. The molecule has 0 atom stereocenters. The normalized spacial score (nSPS) is 11.2. The van der Waals surface area contributed by atoms with Gasteiger partial charge in [-0.1, -0.05) is 12.1 Å².